The van der Waals surface area contributed by atoms with Crippen LogP contribution in [0.25, 0.3) is 23.1 Å². The molecular weight excluding hydrogens is 521 g/mol. The Hall–Kier alpha value is -5.13. The zero-order valence-electron chi connectivity index (χ0n) is 21.7. The van der Waals surface area contributed by atoms with Gasteiger partial charge in [-0.2, -0.15) is 4.98 Å². The SMILES string of the molecule is COc1cc(Cc2cnc(N)nc2N)cc(/C=C/c2cc3c(cc2F)c(=O)c(OC(=O)O)cn3C2CC2)c1OC. The Bertz CT molecular complexity index is 1730. The average molecular weight is 548 g/mol. The van der Waals surface area contributed by atoms with E-state index in [0.717, 1.165) is 24.5 Å². The number of nitrogens with two attached hydrogens (primary N) is 2. The van der Waals surface area contributed by atoms with Gasteiger partial charge in [-0.25, -0.2) is 14.2 Å². The zero-order chi connectivity index (χ0) is 28.6. The van der Waals surface area contributed by atoms with Crippen LogP contribution < -0.4 is 31.1 Å². The van der Waals surface area contributed by atoms with Gasteiger partial charge in [0.25, 0.3) is 0 Å². The van der Waals surface area contributed by atoms with Crippen LogP contribution in [0.4, 0.5) is 21.0 Å². The molecule has 4 aromatic rings. The van der Waals surface area contributed by atoms with Gasteiger partial charge in [0.2, 0.25) is 11.4 Å². The van der Waals surface area contributed by atoms with E-state index in [1.165, 1.54) is 20.4 Å². The summed E-state index contributed by atoms with van der Waals surface area (Å²) in [5.41, 5.74) is 13.7. The van der Waals surface area contributed by atoms with Crippen LogP contribution in [-0.4, -0.2) is 40.0 Å². The van der Waals surface area contributed by atoms with Crippen molar-refractivity contribution in [2.75, 3.05) is 25.7 Å². The summed E-state index contributed by atoms with van der Waals surface area (Å²) in [6.45, 7) is 0. The van der Waals surface area contributed by atoms with E-state index in [1.807, 2.05) is 6.07 Å². The van der Waals surface area contributed by atoms with Crippen molar-refractivity contribution in [3.05, 3.63) is 75.0 Å². The lowest BCUT2D eigenvalue weighted by Gasteiger charge is -2.14. The lowest BCUT2D eigenvalue weighted by Crippen LogP contribution is -2.16. The quantitative estimate of drug-likeness (QED) is 0.214. The van der Waals surface area contributed by atoms with Crippen molar-refractivity contribution in [2.45, 2.75) is 25.3 Å². The summed E-state index contributed by atoms with van der Waals surface area (Å²) < 4.78 is 32.8. The van der Waals surface area contributed by atoms with Crippen molar-refractivity contribution in [3.63, 3.8) is 0 Å². The molecule has 2 aromatic carbocycles. The lowest BCUT2D eigenvalue weighted by molar-refractivity contribution is 0.143. The van der Waals surface area contributed by atoms with Crippen LogP contribution in [0.3, 0.4) is 0 Å². The number of carbonyl (C=O) groups is 1. The van der Waals surface area contributed by atoms with Crippen molar-refractivity contribution >= 4 is 41.0 Å². The van der Waals surface area contributed by atoms with E-state index in [-0.39, 0.29) is 34.5 Å². The Kier molecular flexibility index (Phi) is 6.99. The predicted octanol–water partition coefficient (Wildman–Crippen LogP) is 4.27. The monoisotopic (exact) mass is 547 g/mol. The third-order valence-corrected chi connectivity index (χ3v) is 6.58. The maximum atomic E-state index is 15.3. The summed E-state index contributed by atoms with van der Waals surface area (Å²) in [6.07, 6.45) is 6.63. The molecule has 0 radical (unpaired) electrons. The van der Waals surface area contributed by atoms with Crippen molar-refractivity contribution in [1.82, 2.24) is 14.5 Å². The molecule has 0 spiro atoms. The minimum absolute atomic E-state index is 0.0323. The number of rotatable bonds is 8. The van der Waals surface area contributed by atoms with Crippen LogP contribution >= 0.6 is 0 Å². The normalized spacial score (nSPS) is 13.1. The van der Waals surface area contributed by atoms with E-state index in [4.69, 9.17) is 26.0 Å². The predicted molar refractivity (Wildman–Crippen MR) is 147 cm³/mol. The number of nitrogens with zero attached hydrogens (tertiary/aromatic N) is 3. The second-order valence-corrected chi connectivity index (χ2v) is 9.29. The summed E-state index contributed by atoms with van der Waals surface area (Å²) in [5, 5.41) is 9.03. The van der Waals surface area contributed by atoms with E-state index in [1.54, 1.807) is 35.0 Å². The highest BCUT2D eigenvalue weighted by atomic mass is 19.1. The molecule has 5 rings (SSSR count). The fourth-order valence-corrected chi connectivity index (χ4v) is 4.56. The molecule has 0 aliphatic heterocycles. The van der Waals surface area contributed by atoms with Gasteiger partial charge in [-0.1, -0.05) is 12.2 Å². The van der Waals surface area contributed by atoms with Gasteiger partial charge in [0.1, 0.15) is 11.6 Å². The van der Waals surface area contributed by atoms with Gasteiger partial charge in [-0.05, 0) is 42.7 Å². The van der Waals surface area contributed by atoms with Crippen molar-refractivity contribution in [3.8, 4) is 17.2 Å². The highest BCUT2D eigenvalue weighted by Crippen LogP contribution is 2.39. The molecule has 0 bridgehead atoms. The van der Waals surface area contributed by atoms with Gasteiger partial charge >= 0.3 is 6.16 Å². The molecule has 2 aromatic heterocycles. The first-order chi connectivity index (χ1) is 19.2. The summed E-state index contributed by atoms with van der Waals surface area (Å²) in [5.74, 6) is 0.209. The van der Waals surface area contributed by atoms with Gasteiger partial charge in [0.05, 0.1) is 31.3 Å². The molecule has 40 heavy (non-hydrogen) atoms. The number of anilines is 2. The Labute approximate surface area is 227 Å². The van der Waals surface area contributed by atoms with E-state index in [0.29, 0.717) is 34.6 Å². The second kappa shape index (κ2) is 10.6. The maximum Gasteiger partial charge on any atom is 0.511 e. The van der Waals surface area contributed by atoms with Gasteiger partial charge in [-0.3, -0.25) is 4.79 Å². The van der Waals surface area contributed by atoms with Gasteiger partial charge in [-0.15, -0.1) is 0 Å². The number of carboxylic acid groups (broad SMARTS) is 1. The van der Waals surface area contributed by atoms with E-state index < -0.39 is 17.4 Å². The molecule has 12 heteroatoms. The first-order valence-corrected chi connectivity index (χ1v) is 12.3. The molecule has 0 amide bonds. The topological polar surface area (TPSA) is 165 Å². The third kappa shape index (κ3) is 5.23. The standard InChI is InChI=1S/C28H26FN5O6/c1-38-22-9-14(8-17-12-32-27(31)33-26(17)30)7-16(25(22)39-2)4-3-15-10-21-19(11-20(15)29)24(35)23(40-28(36)37)13-34(21)18-5-6-18/h3-4,7,9-13,18H,5-6,8H2,1-2H3,(H,36,37)(H4,30,31,32,33)/b4-3+. The van der Waals surface area contributed by atoms with E-state index >= 15 is 4.39 Å². The molecule has 1 fully saturated rings. The number of methoxy groups -OCH3 is 2. The number of ether oxygens (including phenoxy) is 3. The van der Waals surface area contributed by atoms with E-state index in [9.17, 15) is 9.59 Å². The third-order valence-electron chi connectivity index (χ3n) is 6.58. The Morgan fingerprint density at radius 3 is 2.52 bits per heavy atom. The largest absolute Gasteiger partial charge is 0.511 e. The van der Waals surface area contributed by atoms with Crippen LogP contribution in [0.15, 0.2) is 41.5 Å². The van der Waals surface area contributed by atoms with Crippen LogP contribution in [0.2, 0.25) is 0 Å². The van der Waals surface area contributed by atoms with Crippen LogP contribution in [0.5, 0.6) is 17.2 Å². The Morgan fingerprint density at radius 1 is 1.12 bits per heavy atom. The maximum absolute atomic E-state index is 15.3. The van der Waals surface area contributed by atoms with Gasteiger partial charge in [0, 0.05) is 35.3 Å². The first kappa shape index (κ1) is 26.5. The lowest BCUT2D eigenvalue weighted by atomic mass is 10.0. The number of hydrogen-bond donors (Lipinski definition) is 3. The minimum Gasteiger partial charge on any atom is -0.493 e. The van der Waals surface area contributed by atoms with Gasteiger partial charge < -0.3 is 35.4 Å². The number of hydrogen-bond acceptors (Lipinski definition) is 9. The molecular formula is C28H26FN5O6. The zero-order valence-corrected chi connectivity index (χ0v) is 21.7. The summed E-state index contributed by atoms with van der Waals surface area (Å²) in [4.78, 5) is 31.9. The molecule has 0 saturated heterocycles. The first-order valence-electron chi connectivity index (χ1n) is 12.3. The number of halogens is 1. The van der Waals surface area contributed by atoms with Crippen LogP contribution in [-0.2, 0) is 6.42 Å². The molecule has 5 N–H and O–H groups in total. The highest BCUT2D eigenvalue weighted by Gasteiger charge is 2.27. The number of fused-ring (bicyclic) bond motifs is 1. The minimum atomic E-state index is -1.61. The molecule has 11 nitrogen and oxygen atoms in total. The number of benzene rings is 2. The fraction of sp³-hybridized carbons (Fsp3) is 0.214. The number of pyridine rings is 1. The van der Waals surface area contributed by atoms with Crippen molar-refractivity contribution in [1.29, 1.82) is 0 Å². The Morgan fingerprint density at radius 2 is 1.88 bits per heavy atom. The summed E-state index contributed by atoms with van der Waals surface area (Å²) in [6, 6.07) is 6.37. The molecule has 1 aliphatic carbocycles. The summed E-state index contributed by atoms with van der Waals surface area (Å²) >= 11 is 0. The smallest absolute Gasteiger partial charge is 0.493 e. The van der Waals surface area contributed by atoms with Crippen LogP contribution in [0.1, 0.15) is 41.1 Å². The fourth-order valence-electron chi connectivity index (χ4n) is 4.56. The molecule has 1 saturated carbocycles. The molecule has 206 valence electrons. The van der Waals surface area contributed by atoms with Crippen LogP contribution in [0, 0.1) is 5.82 Å². The van der Waals surface area contributed by atoms with Crippen molar-refractivity contribution in [2.24, 2.45) is 0 Å². The molecule has 0 atom stereocenters. The molecule has 0 unspecified atom stereocenters. The average Bonchev–Trinajstić information content (AvgIpc) is 3.76. The molecule has 2 heterocycles. The number of nitrogen functional groups attached to an aromatic ring is 2. The van der Waals surface area contributed by atoms with Gasteiger partial charge in [0.15, 0.2) is 17.2 Å². The van der Waals surface area contributed by atoms with Crippen molar-refractivity contribution < 1.29 is 28.5 Å². The Balaban J connectivity index is 1.57. The second-order valence-electron chi connectivity index (χ2n) is 9.29. The molecule has 1 aliphatic rings. The summed E-state index contributed by atoms with van der Waals surface area (Å²) in [7, 11) is 3.01. The van der Waals surface area contributed by atoms with E-state index in [2.05, 4.69) is 14.7 Å². The number of aromatic nitrogens is 3. The highest BCUT2D eigenvalue weighted by molar-refractivity contribution is 5.86.